The fourth-order valence-electron chi connectivity index (χ4n) is 3.31. The number of carbonyl (C=O) groups is 2. The van der Waals surface area contributed by atoms with Crippen LogP contribution in [0, 0.1) is 5.92 Å². The molecule has 5 nitrogen and oxygen atoms in total. The van der Waals surface area contributed by atoms with Crippen LogP contribution in [0.15, 0.2) is 48.7 Å². The molecule has 1 saturated heterocycles. The zero-order chi connectivity index (χ0) is 20.8. The lowest BCUT2D eigenvalue weighted by atomic mass is 9.96. The molecule has 152 valence electrons. The van der Waals surface area contributed by atoms with E-state index in [1.54, 1.807) is 23.1 Å². The Morgan fingerprint density at radius 3 is 2.41 bits per heavy atom. The first-order valence-electron chi connectivity index (χ1n) is 9.92. The number of likely N-dealkylation sites (tertiary alicyclic amines) is 1. The maximum atomic E-state index is 12.5. The third kappa shape index (κ3) is 5.91. The van der Waals surface area contributed by atoms with Crippen molar-refractivity contribution in [2.45, 2.75) is 32.6 Å². The summed E-state index contributed by atoms with van der Waals surface area (Å²) >= 11 is 5.81. The molecule has 0 saturated carbocycles. The van der Waals surface area contributed by atoms with Gasteiger partial charge >= 0.3 is 0 Å². The van der Waals surface area contributed by atoms with Gasteiger partial charge in [0.15, 0.2) is 0 Å². The van der Waals surface area contributed by atoms with Gasteiger partial charge in [-0.25, -0.2) is 4.98 Å². The summed E-state index contributed by atoms with van der Waals surface area (Å²) in [6.45, 7) is 5.46. The van der Waals surface area contributed by atoms with Crippen molar-refractivity contribution in [3.8, 4) is 0 Å². The van der Waals surface area contributed by atoms with E-state index in [0.717, 1.165) is 5.56 Å². The summed E-state index contributed by atoms with van der Waals surface area (Å²) in [6, 6.07) is 11.6. The van der Waals surface area contributed by atoms with Crippen molar-refractivity contribution in [2.24, 2.45) is 5.92 Å². The van der Waals surface area contributed by atoms with Crippen LogP contribution in [0.3, 0.4) is 0 Å². The Morgan fingerprint density at radius 2 is 1.83 bits per heavy atom. The summed E-state index contributed by atoms with van der Waals surface area (Å²) in [5.41, 5.74) is 2.29. The molecule has 2 heterocycles. The van der Waals surface area contributed by atoms with Gasteiger partial charge in [-0.2, -0.15) is 0 Å². The number of halogens is 1. The number of nitrogens with one attached hydrogen (secondary N) is 1. The second kappa shape index (κ2) is 9.70. The number of rotatable bonds is 5. The van der Waals surface area contributed by atoms with Crippen LogP contribution in [0.2, 0.25) is 5.02 Å². The lowest BCUT2D eigenvalue weighted by Gasteiger charge is -2.30. The van der Waals surface area contributed by atoms with E-state index in [2.05, 4.69) is 36.3 Å². The fraction of sp³-hybridized carbons (Fsp3) is 0.348. The summed E-state index contributed by atoms with van der Waals surface area (Å²) in [4.78, 5) is 30.8. The predicted octanol–water partition coefficient (Wildman–Crippen LogP) is 4.75. The molecule has 1 N–H and O–H groups in total. The van der Waals surface area contributed by atoms with Gasteiger partial charge in [0.1, 0.15) is 5.82 Å². The van der Waals surface area contributed by atoms with Gasteiger partial charge < -0.3 is 10.2 Å². The summed E-state index contributed by atoms with van der Waals surface area (Å²) in [7, 11) is 0. The van der Waals surface area contributed by atoms with Gasteiger partial charge in [0.2, 0.25) is 11.8 Å². The Bertz CT molecular complexity index is 868. The number of hydrogen-bond acceptors (Lipinski definition) is 3. The number of carbonyl (C=O) groups excluding carboxylic acids is 2. The molecule has 1 aromatic heterocycles. The van der Waals surface area contributed by atoms with Gasteiger partial charge in [-0.05, 0) is 48.1 Å². The minimum Gasteiger partial charge on any atom is -0.339 e. The lowest BCUT2D eigenvalue weighted by Crippen LogP contribution is -2.40. The maximum Gasteiger partial charge on any atom is 0.246 e. The van der Waals surface area contributed by atoms with Crippen molar-refractivity contribution in [1.29, 1.82) is 0 Å². The van der Waals surface area contributed by atoms with Crippen molar-refractivity contribution in [3.05, 3.63) is 64.8 Å². The number of piperidine rings is 1. The first kappa shape index (κ1) is 21.1. The van der Waals surface area contributed by atoms with Gasteiger partial charge in [-0.1, -0.05) is 49.7 Å². The highest BCUT2D eigenvalue weighted by molar-refractivity contribution is 6.30. The topological polar surface area (TPSA) is 62.3 Å². The molecule has 0 unspecified atom stereocenters. The zero-order valence-electron chi connectivity index (χ0n) is 16.8. The van der Waals surface area contributed by atoms with Gasteiger partial charge in [0.05, 0.1) is 5.02 Å². The molecule has 2 aromatic rings. The molecule has 0 radical (unpaired) electrons. The van der Waals surface area contributed by atoms with Crippen molar-refractivity contribution in [3.63, 3.8) is 0 Å². The molecule has 3 rings (SSSR count). The smallest absolute Gasteiger partial charge is 0.246 e. The van der Waals surface area contributed by atoms with Crippen LogP contribution in [0.5, 0.6) is 0 Å². The van der Waals surface area contributed by atoms with E-state index in [-0.39, 0.29) is 17.7 Å². The Balaban J connectivity index is 1.48. The average molecular weight is 412 g/mol. The second-order valence-electron chi connectivity index (χ2n) is 7.61. The van der Waals surface area contributed by atoms with Crippen LogP contribution in [0.25, 0.3) is 6.08 Å². The van der Waals surface area contributed by atoms with Crippen molar-refractivity contribution >= 4 is 35.3 Å². The molecule has 1 aliphatic heterocycles. The molecule has 1 aliphatic rings. The first-order chi connectivity index (χ1) is 13.9. The summed E-state index contributed by atoms with van der Waals surface area (Å²) in [6.07, 6.45) is 6.24. The molecule has 1 aromatic carbocycles. The van der Waals surface area contributed by atoms with Crippen LogP contribution >= 0.6 is 11.6 Å². The van der Waals surface area contributed by atoms with Gasteiger partial charge in [-0.3, -0.25) is 9.59 Å². The van der Waals surface area contributed by atoms with E-state index >= 15 is 0 Å². The largest absolute Gasteiger partial charge is 0.339 e. The van der Waals surface area contributed by atoms with E-state index in [4.69, 9.17) is 11.6 Å². The summed E-state index contributed by atoms with van der Waals surface area (Å²) in [5, 5.41) is 3.34. The SMILES string of the molecule is CC(C)c1ccc(C=CC(=O)N2CCC(C(=O)Nc3ccc(Cl)cn3)CC2)cc1. The van der Waals surface area contributed by atoms with Gasteiger partial charge in [-0.15, -0.1) is 0 Å². The Morgan fingerprint density at radius 1 is 1.14 bits per heavy atom. The number of anilines is 1. The Labute approximate surface area is 176 Å². The van der Waals surface area contributed by atoms with Crippen LogP contribution in [-0.2, 0) is 9.59 Å². The highest BCUT2D eigenvalue weighted by atomic mass is 35.5. The van der Waals surface area contributed by atoms with E-state index in [1.807, 2.05) is 18.2 Å². The van der Waals surface area contributed by atoms with Gasteiger partial charge in [0, 0.05) is 31.3 Å². The maximum absolute atomic E-state index is 12.5. The number of hydrogen-bond donors (Lipinski definition) is 1. The average Bonchev–Trinajstić information content (AvgIpc) is 2.74. The van der Waals surface area contributed by atoms with Crippen LogP contribution in [-0.4, -0.2) is 34.8 Å². The first-order valence-corrected chi connectivity index (χ1v) is 10.3. The molecular weight excluding hydrogens is 386 g/mol. The molecule has 2 amide bonds. The van der Waals surface area contributed by atoms with Crippen LogP contribution < -0.4 is 5.32 Å². The standard InChI is InChI=1S/C23H26ClN3O2/c1-16(2)18-6-3-17(4-7-18)5-10-22(28)27-13-11-19(12-14-27)23(29)26-21-9-8-20(24)15-25-21/h3-10,15-16,19H,11-14H2,1-2H3,(H,25,26,29). The molecule has 29 heavy (non-hydrogen) atoms. The van der Waals surface area contributed by atoms with E-state index in [1.165, 1.54) is 11.8 Å². The monoisotopic (exact) mass is 411 g/mol. The molecule has 0 atom stereocenters. The quantitative estimate of drug-likeness (QED) is 0.722. The van der Waals surface area contributed by atoms with E-state index in [9.17, 15) is 9.59 Å². The highest BCUT2D eigenvalue weighted by Gasteiger charge is 2.26. The number of amides is 2. The molecular formula is C23H26ClN3O2. The normalized spacial score (nSPS) is 15.1. The van der Waals surface area contributed by atoms with Crippen LogP contribution in [0.1, 0.15) is 43.7 Å². The van der Waals surface area contributed by atoms with Crippen molar-refractivity contribution in [2.75, 3.05) is 18.4 Å². The fourth-order valence-corrected chi connectivity index (χ4v) is 3.42. The van der Waals surface area contributed by atoms with E-state index in [0.29, 0.717) is 42.7 Å². The van der Waals surface area contributed by atoms with Crippen molar-refractivity contribution < 1.29 is 9.59 Å². The minimum atomic E-state index is -0.121. The summed E-state index contributed by atoms with van der Waals surface area (Å²) in [5.74, 6) is 0.779. The molecule has 6 heteroatoms. The van der Waals surface area contributed by atoms with Crippen molar-refractivity contribution in [1.82, 2.24) is 9.88 Å². The number of benzene rings is 1. The van der Waals surface area contributed by atoms with E-state index < -0.39 is 0 Å². The number of nitrogens with zero attached hydrogens (tertiary/aromatic N) is 2. The van der Waals surface area contributed by atoms with Crippen LogP contribution in [0.4, 0.5) is 5.82 Å². The Kier molecular flexibility index (Phi) is 7.04. The molecule has 0 aliphatic carbocycles. The molecule has 1 fully saturated rings. The second-order valence-corrected chi connectivity index (χ2v) is 8.04. The third-order valence-corrected chi connectivity index (χ3v) is 5.40. The Hall–Kier alpha value is -2.66. The predicted molar refractivity (Wildman–Crippen MR) is 117 cm³/mol. The molecule has 0 spiro atoms. The number of pyridine rings is 1. The minimum absolute atomic E-state index is 0.0174. The van der Waals surface area contributed by atoms with Gasteiger partial charge in [0.25, 0.3) is 0 Å². The lowest BCUT2D eigenvalue weighted by molar-refractivity contribution is -0.130. The highest BCUT2D eigenvalue weighted by Crippen LogP contribution is 2.20. The third-order valence-electron chi connectivity index (χ3n) is 5.18. The zero-order valence-corrected chi connectivity index (χ0v) is 17.5. The summed E-state index contributed by atoms with van der Waals surface area (Å²) < 4.78 is 0. The number of aromatic nitrogens is 1. The molecule has 0 bridgehead atoms.